The average molecular weight is 252 g/mol. The normalized spacial score (nSPS) is 25.6. The SMILES string of the molecule is CC1CCCC(NCC(=O)NCC(F)(F)F)C1. The Morgan fingerprint density at radius 2 is 2.06 bits per heavy atom. The number of alkyl halides is 3. The Morgan fingerprint density at radius 1 is 1.35 bits per heavy atom. The minimum absolute atomic E-state index is 0.0343. The van der Waals surface area contributed by atoms with Crippen molar-refractivity contribution in [2.45, 2.75) is 44.8 Å². The maximum atomic E-state index is 11.8. The highest BCUT2D eigenvalue weighted by Gasteiger charge is 2.27. The molecule has 1 fully saturated rings. The Bertz CT molecular complexity index is 256. The molecule has 0 aromatic heterocycles. The van der Waals surface area contributed by atoms with E-state index in [2.05, 4.69) is 12.2 Å². The van der Waals surface area contributed by atoms with Crippen LogP contribution in [0.3, 0.4) is 0 Å². The monoisotopic (exact) mass is 252 g/mol. The van der Waals surface area contributed by atoms with Crippen molar-refractivity contribution in [1.29, 1.82) is 0 Å². The van der Waals surface area contributed by atoms with Crippen LogP contribution in [0.1, 0.15) is 32.6 Å². The number of carbonyl (C=O) groups is 1. The second kappa shape index (κ2) is 6.23. The highest BCUT2D eigenvalue weighted by Crippen LogP contribution is 2.23. The fourth-order valence-electron chi connectivity index (χ4n) is 2.12. The molecule has 0 bridgehead atoms. The molecule has 1 saturated carbocycles. The number of nitrogens with one attached hydrogen (secondary N) is 2. The van der Waals surface area contributed by atoms with Crippen molar-refractivity contribution in [3.05, 3.63) is 0 Å². The zero-order valence-electron chi connectivity index (χ0n) is 9.94. The zero-order valence-corrected chi connectivity index (χ0v) is 9.94. The van der Waals surface area contributed by atoms with Crippen LogP contribution in [0.5, 0.6) is 0 Å². The Balaban J connectivity index is 2.15. The van der Waals surface area contributed by atoms with Crippen LogP contribution < -0.4 is 10.6 Å². The highest BCUT2D eigenvalue weighted by molar-refractivity contribution is 5.78. The summed E-state index contributed by atoms with van der Waals surface area (Å²) in [5.41, 5.74) is 0. The van der Waals surface area contributed by atoms with E-state index in [4.69, 9.17) is 0 Å². The molecular weight excluding hydrogens is 233 g/mol. The third kappa shape index (κ3) is 6.51. The predicted molar refractivity (Wildman–Crippen MR) is 58.5 cm³/mol. The summed E-state index contributed by atoms with van der Waals surface area (Å²) in [4.78, 5) is 11.1. The third-order valence-corrected chi connectivity index (χ3v) is 2.97. The Labute approximate surface area is 99.1 Å². The topological polar surface area (TPSA) is 41.1 Å². The molecule has 1 aliphatic carbocycles. The van der Waals surface area contributed by atoms with Gasteiger partial charge in [-0.3, -0.25) is 4.79 Å². The lowest BCUT2D eigenvalue weighted by Gasteiger charge is -2.27. The lowest BCUT2D eigenvalue weighted by molar-refractivity contribution is -0.138. The minimum atomic E-state index is -4.34. The molecule has 100 valence electrons. The average Bonchev–Trinajstić information content (AvgIpc) is 2.23. The van der Waals surface area contributed by atoms with Gasteiger partial charge in [-0.2, -0.15) is 13.2 Å². The van der Waals surface area contributed by atoms with Crippen LogP contribution in [0.25, 0.3) is 0 Å². The molecule has 2 atom stereocenters. The summed E-state index contributed by atoms with van der Waals surface area (Å²) in [5.74, 6) is 0.0278. The summed E-state index contributed by atoms with van der Waals surface area (Å²) in [6.07, 6.45) is -0.0418. The van der Waals surface area contributed by atoms with Gasteiger partial charge in [0.1, 0.15) is 6.54 Å². The van der Waals surface area contributed by atoms with Crippen LogP contribution in [-0.4, -0.2) is 31.2 Å². The van der Waals surface area contributed by atoms with E-state index in [-0.39, 0.29) is 12.6 Å². The van der Waals surface area contributed by atoms with Gasteiger partial charge >= 0.3 is 6.18 Å². The van der Waals surface area contributed by atoms with E-state index in [1.807, 2.05) is 5.32 Å². The van der Waals surface area contributed by atoms with E-state index in [0.717, 1.165) is 19.3 Å². The van der Waals surface area contributed by atoms with Gasteiger partial charge in [0.25, 0.3) is 0 Å². The molecule has 0 saturated heterocycles. The molecule has 3 nitrogen and oxygen atoms in total. The molecule has 6 heteroatoms. The maximum absolute atomic E-state index is 11.8. The van der Waals surface area contributed by atoms with Crippen molar-refractivity contribution in [2.24, 2.45) is 5.92 Å². The van der Waals surface area contributed by atoms with Crippen LogP contribution in [0.4, 0.5) is 13.2 Å². The Morgan fingerprint density at radius 3 is 2.65 bits per heavy atom. The van der Waals surface area contributed by atoms with Crippen molar-refractivity contribution in [3.63, 3.8) is 0 Å². The molecule has 0 aromatic rings. The summed E-state index contributed by atoms with van der Waals surface area (Å²) >= 11 is 0. The zero-order chi connectivity index (χ0) is 12.9. The number of carbonyl (C=O) groups excluding carboxylic acids is 1. The standard InChI is InChI=1S/C11H19F3N2O/c1-8-3-2-4-9(5-8)15-6-10(17)16-7-11(12,13)14/h8-9,15H,2-7H2,1H3,(H,16,17). The van der Waals surface area contributed by atoms with E-state index >= 15 is 0 Å². The van der Waals surface area contributed by atoms with Gasteiger partial charge in [-0.1, -0.05) is 19.8 Å². The fourth-order valence-corrected chi connectivity index (χ4v) is 2.12. The first kappa shape index (κ1) is 14.3. The Hall–Kier alpha value is -0.780. The van der Waals surface area contributed by atoms with E-state index in [1.54, 1.807) is 0 Å². The summed E-state index contributed by atoms with van der Waals surface area (Å²) in [7, 11) is 0. The quantitative estimate of drug-likeness (QED) is 0.801. The van der Waals surface area contributed by atoms with Gasteiger partial charge in [-0.25, -0.2) is 0 Å². The van der Waals surface area contributed by atoms with Crippen LogP contribution in [0, 0.1) is 5.92 Å². The van der Waals surface area contributed by atoms with E-state index in [9.17, 15) is 18.0 Å². The number of halogens is 3. The molecule has 0 heterocycles. The van der Waals surface area contributed by atoms with Crippen LogP contribution >= 0.6 is 0 Å². The molecular formula is C11H19F3N2O. The van der Waals surface area contributed by atoms with Gasteiger partial charge in [0.05, 0.1) is 6.54 Å². The maximum Gasteiger partial charge on any atom is 0.405 e. The van der Waals surface area contributed by atoms with Gasteiger partial charge < -0.3 is 10.6 Å². The van der Waals surface area contributed by atoms with Crippen molar-refractivity contribution >= 4 is 5.91 Å². The predicted octanol–water partition coefficient (Wildman–Crippen LogP) is 1.83. The first-order valence-electron chi connectivity index (χ1n) is 5.93. The van der Waals surface area contributed by atoms with E-state index in [1.165, 1.54) is 6.42 Å². The lowest BCUT2D eigenvalue weighted by Crippen LogP contribution is -2.43. The molecule has 1 rings (SSSR count). The number of amides is 1. The Kier molecular flexibility index (Phi) is 5.24. The second-order valence-electron chi connectivity index (χ2n) is 4.74. The molecule has 17 heavy (non-hydrogen) atoms. The number of rotatable bonds is 4. The molecule has 1 aliphatic rings. The van der Waals surface area contributed by atoms with Gasteiger partial charge in [0.2, 0.25) is 5.91 Å². The lowest BCUT2D eigenvalue weighted by atomic mass is 9.87. The van der Waals surface area contributed by atoms with E-state index in [0.29, 0.717) is 5.92 Å². The molecule has 2 unspecified atom stereocenters. The smallest absolute Gasteiger partial charge is 0.346 e. The van der Waals surface area contributed by atoms with Crippen molar-refractivity contribution in [2.75, 3.05) is 13.1 Å². The number of hydrogen-bond donors (Lipinski definition) is 2. The molecule has 2 N–H and O–H groups in total. The van der Waals surface area contributed by atoms with Gasteiger partial charge in [0.15, 0.2) is 0 Å². The van der Waals surface area contributed by atoms with Crippen LogP contribution in [0.15, 0.2) is 0 Å². The first-order valence-corrected chi connectivity index (χ1v) is 5.93. The number of hydrogen-bond acceptors (Lipinski definition) is 2. The second-order valence-corrected chi connectivity index (χ2v) is 4.74. The van der Waals surface area contributed by atoms with Crippen molar-refractivity contribution < 1.29 is 18.0 Å². The summed E-state index contributed by atoms with van der Waals surface area (Å²) in [6, 6.07) is 0.260. The van der Waals surface area contributed by atoms with Crippen molar-refractivity contribution in [3.8, 4) is 0 Å². The largest absolute Gasteiger partial charge is 0.405 e. The summed E-state index contributed by atoms with van der Waals surface area (Å²) in [6.45, 7) is 0.861. The molecule has 1 amide bonds. The molecule has 0 spiro atoms. The third-order valence-electron chi connectivity index (χ3n) is 2.97. The van der Waals surface area contributed by atoms with Crippen LogP contribution in [0.2, 0.25) is 0 Å². The molecule has 0 aromatic carbocycles. The van der Waals surface area contributed by atoms with Gasteiger partial charge in [0, 0.05) is 6.04 Å². The molecule has 0 aliphatic heterocycles. The van der Waals surface area contributed by atoms with E-state index < -0.39 is 18.6 Å². The minimum Gasteiger partial charge on any atom is -0.346 e. The van der Waals surface area contributed by atoms with Gasteiger partial charge in [-0.05, 0) is 18.8 Å². The fraction of sp³-hybridized carbons (Fsp3) is 0.909. The first-order chi connectivity index (χ1) is 7.87. The van der Waals surface area contributed by atoms with Crippen LogP contribution in [-0.2, 0) is 4.79 Å². The highest BCUT2D eigenvalue weighted by atomic mass is 19.4. The molecule has 0 radical (unpaired) electrons. The van der Waals surface area contributed by atoms with Crippen molar-refractivity contribution in [1.82, 2.24) is 10.6 Å². The summed E-state index contributed by atoms with van der Waals surface area (Å²) < 4.78 is 35.5. The van der Waals surface area contributed by atoms with Gasteiger partial charge in [-0.15, -0.1) is 0 Å². The summed E-state index contributed by atoms with van der Waals surface area (Å²) in [5, 5.41) is 4.86.